The molecule has 1 saturated carbocycles. The van der Waals surface area contributed by atoms with Gasteiger partial charge in [-0.1, -0.05) is 30.9 Å². The average Bonchev–Trinajstić information content (AvgIpc) is 2.65. The minimum absolute atomic E-state index is 0.0321. The number of halogens is 2. The van der Waals surface area contributed by atoms with E-state index in [1.807, 2.05) is 11.0 Å². The Hall–Kier alpha value is -1.02. The molecule has 2 fully saturated rings. The number of nitrogens with zero attached hydrogens (tertiary/aromatic N) is 1. The van der Waals surface area contributed by atoms with Crippen molar-refractivity contribution in [2.45, 2.75) is 57.0 Å². The molecule has 2 N–H and O–H groups in total. The quantitative estimate of drug-likeness (QED) is 0.626. The molecule has 1 saturated heterocycles. The van der Waals surface area contributed by atoms with E-state index in [0.717, 1.165) is 29.3 Å². The molecule has 1 aromatic carbocycles. The number of nitrogens with one attached hydrogen (secondary N) is 2. The van der Waals surface area contributed by atoms with E-state index in [0.29, 0.717) is 29.7 Å². The number of hydrogen-bond acceptors (Lipinski definition) is 2. The van der Waals surface area contributed by atoms with Crippen LogP contribution in [0.3, 0.4) is 0 Å². The maximum absolute atomic E-state index is 12.6. The van der Waals surface area contributed by atoms with Crippen molar-refractivity contribution in [3.05, 3.63) is 32.4 Å². The lowest BCUT2D eigenvalue weighted by Gasteiger charge is -2.33. The van der Waals surface area contributed by atoms with Crippen LogP contribution in [0.5, 0.6) is 0 Å². The van der Waals surface area contributed by atoms with Crippen molar-refractivity contribution < 1.29 is 9.59 Å². The fourth-order valence-electron chi connectivity index (χ4n) is 3.70. The number of hydrogen-bond donors (Lipinski definition) is 2. The number of likely N-dealkylation sites (tertiary alicyclic amines) is 1. The van der Waals surface area contributed by atoms with Crippen LogP contribution in [0.4, 0.5) is 4.79 Å². The second-order valence-corrected chi connectivity index (χ2v) is 8.72. The van der Waals surface area contributed by atoms with Gasteiger partial charge in [0.05, 0.1) is 5.02 Å². The van der Waals surface area contributed by atoms with Crippen LogP contribution in [0.2, 0.25) is 5.02 Å². The van der Waals surface area contributed by atoms with Gasteiger partial charge in [-0.25, -0.2) is 4.79 Å². The second kappa shape index (κ2) is 9.26. The van der Waals surface area contributed by atoms with Crippen molar-refractivity contribution in [1.29, 1.82) is 0 Å². The average molecular weight is 490 g/mol. The van der Waals surface area contributed by atoms with Gasteiger partial charge in [0.25, 0.3) is 5.91 Å². The highest BCUT2D eigenvalue weighted by molar-refractivity contribution is 14.1. The van der Waals surface area contributed by atoms with Gasteiger partial charge >= 0.3 is 6.03 Å². The fraction of sp³-hybridized carbons (Fsp3) is 0.579. The van der Waals surface area contributed by atoms with Crippen LogP contribution in [0.25, 0.3) is 0 Å². The van der Waals surface area contributed by atoms with Crippen molar-refractivity contribution >= 4 is 46.1 Å². The summed E-state index contributed by atoms with van der Waals surface area (Å²) in [6, 6.07) is 5.75. The van der Waals surface area contributed by atoms with Crippen LogP contribution in [0, 0.1) is 3.57 Å². The van der Waals surface area contributed by atoms with E-state index in [4.69, 9.17) is 11.6 Å². The number of piperidine rings is 1. The van der Waals surface area contributed by atoms with Gasteiger partial charge in [0.1, 0.15) is 0 Å². The summed E-state index contributed by atoms with van der Waals surface area (Å²) < 4.78 is 0.881. The zero-order valence-electron chi connectivity index (χ0n) is 14.8. The third-order valence-corrected chi connectivity index (χ3v) is 6.77. The number of urea groups is 1. The second-order valence-electron chi connectivity index (χ2n) is 7.15. The van der Waals surface area contributed by atoms with Crippen molar-refractivity contribution in [2.75, 3.05) is 13.1 Å². The zero-order valence-corrected chi connectivity index (χ0v) is 17.7. The minimum Gasteiger partial charge on any atom is -0.338 e. The topological polar surface area (TPSA) is 61.4 Å². The van der Waals surface area contributed by atoms with Crippen LogP contribution in [-0.2, 0) is 0 Å². The molecule has 0 unspecified atom stereocenters. The summed E-state index contributed by atoms with van der Waals surface area (Å²) in [5.74, 6) is 0.0321. The summed E-state index contributed by atoms with van der Waals surface area (Å²) in [5, 5.41) is 6.83. The first-order chi connectivity index (χ1) is 12.5. The fourth-order valence-corrected chi connectivity index (χ4v) is 4.33. The smallest absolute Gasteiger partial charge is 0.315 e. The van der Waals surface area contributed by atoms with E-state index in [9.17, 15) is 9.59 Å². The van der Waals surface area contributed by atoms with Crippen molar-refractivity contribution in [2.24, 2.45) is 0 Å². The Labute approximate surface area is 173 Å². The van der Waals surface area contributed by atoms with Gasteiger partial charge in [0, 0.05) is 34.3 Å². The Morgan fingerprint density at radius 2 is 1.62 bits per heavy atom. The van der Waals surface area contributed by atoms with Crippen molar-refractivity contribution in [3.63, 3.8) is 0 Å². The number of carbonyl (C=O) groups is 2. The van der Waals surface area contributed by atoms with Gasteiger partial charge in [-0.05, 0) is 66.5 Å². The van der Waals surface area contributed by atoms with Crippen LogP contribution in [0.15, 0.2) is 18.2 Å². The van der Waals surface area contributed by atoms with E-state index in [2.05, 4.69) is 33.2 Å². The summed E-state index contributed by atoms with van der Waals surface area (Å²) in [5.41, 5.74) is 0.667. The monoisotopic (exact) mass is 489 g/mol. The first-order valence-electron chi connectivity index (χ1n) is 9.34. The van der Waals surface area contributed by atoms with E-state index in [1.165, 1.54) is 19.3 Å². The Kier molecular flexibility index (Phi) is 7.03. The van der Waals surface area contributed by atoms with Gasteiger partial charge in [-0.3, -0.25) is 4.79 Å². The molecule has 3 rings (SSSR count). The lowest BCUT2D eigenvalue weighted by atomic mass is 9.96. The number of amides is 3. The van der Waals surface area contributed by atoms with Crippen LogP contribution >= 0.6 is 34.2 Å². The number of carbonyl (C=O) groups excluding carboxylic acids is 2. The van der Waals surface area contributed by atoms with Crippen molar-refractivity contribution in [1.82, 2.24) is 15.5 Å². The number of benzene rings is 1. The molecule has 5 nitrogen and oxygen atoms in total. The molecule has 2 aliphatic rings. The summed E-state index contributed by atoms with van der Waals surface area (Å²) in [7, 11) is 0. The van der Waals surface area contributed by atoms with Gasteiger partial charge in [0.15, 0.2) is 0 Å². The van der Waals surface area contributed by atoms with Crippen LogP contribution < -0.4 is 10.6 Å². The summed E-state index contributed by atoms with van der Waals surface area (Å²) in [6.07, 6.45) is 7.42. The van der Waals surface area contributed by atoms with E-state index in [-0.39, 0.29) is 18.0 Å². The third-order valence-electron chi connectivity index (χ3n) is 5.22. The largest absolute Gasteiger partial charge is 0.338 e. The minimum atomic E-state index is -0.0612. The first kappa shape index (κ1) is 19.7. The Morgan fingerprint density at radius 1 is 1.00 bits per heavy atom. The van der Waals surface area contributed by atoms with E-state index in [1.54, 1.807) is 12.1 Å². The summed E-state index contributed by atoms with van der Waals surface area (Å²) in [6.45, 7) is 1.32. The molecular formula is C19H25ClIN3O2. The molecular weight excluding hydrogens is 465 g/mol. The highest BCUT2D eigenvalue weighted by Gasteiger charge is 2.25. The highest BCUT2D eigenvalue weighted by atomic mass is 127. The molecule has 7 heteroatoms. The maximum Gasteiger partial charge on any atom is 0.315 e. The number of rotatable bonds is 3. The highest BCUT2D eigenvalue weighted by Crippen LogP contribution is 2.22. The van der Waals surface area contributed by atoms with Gasteiger partial charge in [-0.2, -0.15) is 0 Å². The van der Waals surface area contributed by atoms with Crippen LogP contribution in [-0.4, -0.2) is 42.0 Å². The summed E-state index contributed by atoms with van der Waals surface area (Å²) >= 11 is 8.17. The van der Waals surface area contributed by atoms with Gasteiger partial charge in [0.2, 0.25) is 0 Å². The SMILES string of the molecule is O=C(NC1CCCCC1)NC1CCN(C(=O)c2ccc(Cl)c(I)c2)CC1. The normalized spacial score (nSPS) is 19.2. The van der Waals surface area contributed by atoms with Gasteiger partial charge in [-0.15, -0.1) is 0 Å². The predicted octanol–water partition coefficient (Wildman–Crippen LogP) is 4.18. The molecule has 26 heavy (non-hydrogen) atoms. The molecule has 0 radical (unpaired) electrons. The lowest BCUT2D eigenvalue weighted by molar-refractivity contribution is 0.0708. The molecule has 1 aliphatic carbocycles. The summed E-state index contributed by atoms with van der Waals surface area (Å²) in [4.78, 5) is 26.7. The lowest BCUT2D eigenvalue weighted by Crippen LogP contribution is -2.51. The van der Waals surface area contributed by atoms with E-state index >= 15 is 0 Å². The Morgan fingerprint density at radius 3 is 2.23 bits per heavy atom. The molecule has 3 amide bonds. The predicted molar refractivity (Wildman–Crippen MR) is 112 cm³/mol. The molecule has 0 bridgehead atoms. The molecule has 0 spiro atoms. The van der Waals surface area contributed by atoms with Crippen molar-refractivity contribution in [3.8, 4) is 0 Å². The first-order valence-corrected chi connectivity index (χ1v) is 10.8. The molecule has 1 aliphatic heterocycles. The standard InChI is InChI=1S/C19H25ClIN3O2/c20-16-7-6-13(12-17(16)21)18(25)24-10-8-15(9-11-24)23-19(26)22-14-4-2-1-3-5-14/h6-7,12,14-15H,1-5,8-11H2,(H2,22,23,26). The molecule has 0 aromatic heterocycles. The molecule has 0 atom stereocenters. The van der Waals surface area contributed by atoms with E-state index < -0.39 is 0 Å². The zero-order chi connectivity index (χ0) is 18.5. The molecule has 1 aromatic rings. The molecule has 142 valence electrons. The maximum atomic E-state index is 12.6. The van der Waals surface area contributed by atoms with Gasteiger partial charge < -0.3 is 15.5 Å². The third kappa shape index (κ3) is 5.25. The van der Waals surface area contributed by atoms with Crippen LogP contribution in [0.1, 0.15) is 55.3 Å². The molecule has 1 heterocycles. The Balaban J connectivity index is 1.45. The Bertz CT molecular complexity index is 656.